The second-order valence-electron chi connectivity index (χ2n) is 1.98. The molecule has 0 rings (SSSR count). The Kier molecular flexibility index (Phi) is 3.62. The van der Waals surface area contributed by atoms with E-state index in [0.717, 1.165) is 6.92 Å². The largest absolute Gasteiger partial charge is 0.489 e. The van der Waals surface area contributed by atoms with Crippen molar-refractivity contribution in [1.82, 2.24) is 0 Å². The molecule has 78 valence electrons. The van der Waals surface area contributed by atoms with Gasteiger partial charge in [0.15, 0.2) is 0 Å². The van der Waals surface area contributed by atoms with E-state index in [9.17, 15) is 26.3 Å². The Hall–Kier alpha value is -0.880. The van der Waals surface area contributed by atoms with Gasteiger partial charge in [-0.25, -0.2) is 0 Å². The van der Waals surface area contributed by atoms with Crippen LogP contribution in [-0.4, -0.2) is 19.0 Å². The summed E-state index contributed by atoms with van der Waals surface area (Å²) in [5, 5.41) is 0. The van der Waals surface area contributed by atoms with Gasteiger partial charge in [-0.05, 0) is 6.92 Å². The van der Waals surface area contributed by atoms with Crippen LogP contribution in [0, 0.1) is 0 Å². The highest BCUT2D eigenvalue weighted by atomic mass is 19.4. The molecule has 0 atom stereocenters. The quantitative estimate of drug-likeness (QED) is 0.500. The van der Waals surface area contributed by atoms with Gasteiger partial charge in [-0.3, -0.25) is 0 Å². The van der Waals surface area contributed by atoms with Gasteiger partial charge >= 0.3 is 12.4 Å². The smallest absolute Gasteiger partial charge is 0.448 e. The van der Waals surface area contributed by atoms with Crippen LogP contribution in [0.1, 0.15) is 6.92 Å². The highest BCUT2D eigenvalue weighted by molar-refractivity contribution is 5.04. The zero-order chi connectivity index (χ0) is 10.7. The van der Waals surface area contributed by atoms with E-state index in [0.29, 0.717) is 0 Å². The molecule has 0 aromatic rings. The summed E-state index contributed by atoms with van der Waals surface area (Å²) in [6.07, 6.45) is -11.0. The van der Waals surface area contributed by atoms with Gasteiger partial charge in [-0.15, -0.1) is 0 Å². The second-order valence-corrected chi connectivity index (χ2v) is 1.98. The number of rotatable bonds is 2. The number of ether oxygens (including phenoxy) is 1. The predicted molar refractivity (Wildman–Crippen MR) is 31.8 cm³/mol. The summed E-state index contributed by atoms with van der Waals surface area (Å²) in [6.45, 7) is 0.692. The lowest BCUT2D eigenvalue weighted by molar-refractivity contribution is -0.140. The van der Waals surface area contributed by atoms with Gasteiger partial charge in [-0.1, -0.05) is 0 Å². The van der Waals surface area contributed by atoms with E-state index in [4.69, 9.17) is 0 Å². The number of halogens is 6. The van der Waals surface area contributed by atoms with Crippen molar-refractivity contribution < 1.29 is 31.1 Å². The molecule has 0 unspecified atom stereocenters. The Morgan fingerprint density at radius 3 is 1.85 bits per heavy atom. The second kappa shape index (κ2) is 3.89. The molecule has 0 bridgehead atoms. The molecule has 13 heavy (non-hydrogen) atoms. The third-order valence-electron chi connectivity index (χ3n) is 0.874. The minimum Gasteiger partial charge on any atom is -0.489 e. The van der Waals surface area contributed by atoms with E-state index in [1.807, 2.05) is 0 Å². The maximum absolute atomic E-state index is 11.7. The van der Waals surface area contributed by atoms with E-state index in [1.54, 1.807) is 0 Å². The van der Waals surface area contributed by atoms with Crippen LogP contribution in [0.15, 0.2) is 11.8 Å². The topological polar surface area (TPSA) is 9.23 Å². The lowest BCUT2D eigenvalue weighted by atomic mass is 10.4. The zero-order valence-corrected chi connectivity index (χ0v) is 6.46. The van der Waals surface area contributed by atoms with Crippen molar-refractivity contribution in [3.05, 3.63) is 11.8 Å². The number of alkyl halides is 6. The van der Waals surface area contributed by atoms with Crippen LogP contribution < -0.4 is 0 Å². The summed E-state index contributed by atoms with van der Waals surface area (Å²) in [5.41, 5.74) is 0. The standard InChI is InChI=1S/C6H6F6O/c1-2-13-4(6(10,11)12)3-5(7,8)9/h3H,2H2,1H3/b4-3+. The maximum atomic E-state index is 11.7. The first-order chi connectivity index (χ1) is 5.67. The molecule has 0 aromatic heterocycles. The highest BCUT2D eigenvalue weighted by Gasteiger charge is 2.40. The molecule has 0 heterocycles. The van der Waals surface area contributed by atoms with Gasteiger partial charge < -0.3 is 4.74 Å². The van der Waals surface area contributed by atoms with Crippen LogP contribution in [-0.2, 0) is 4.74 Å². The minimum atomic E-state index is -5.11. The molecule has 0 radical (unpaired) electrons. The summed E-state index contributed by atoms with van der Waals surface area (Å²) in [6, 6.07) is 0. The lowest BCUT2D eigenvalue weighted by Crippen LogP contribution is -2.18. The lowest BCUT2D eigenvalue weighted by Gasteiger charge is -2.12. The molecule has 0 amide bonds. The summed E-state index contributed by atoms with van der Waals surface area (Å²) >= 11 is 0. The summed E-state index contributed by atoms with van der Waals surface area (Å²) in [4.78, 5) is 0. The average molecular weight is 208 g/mol. The molecule has 0 saturated heterocycles. The van der Waals surface area contributed by atoms with Crippen molar-refractivity contribution in [3.8, 4) is 0 Å². The van der Waals surface area contributed by atoms with Crippen molar-refractivity contribution in [3.63, 3.8) is 0 Å². The molecule has 0 aliphatic rings. The van der Waals surface area contributed by atoms with Gasteiger partial charge in [0.2, 0.25) is 5.76 Å². The molecule has 0 aliphatic carbocycles. The van der Waals surface area contributed by atoms with Gasteiger partial charge in [0.05, 0.1) is 12.7 Å². The van der Waals surface area contributed by atoms with Gasteiger partial charge in [0.25, 0.3) is 0 Å². The van der Waals surface area contributed by atoms with Gasteiger partial charge in [-0.2, -0.15) is 26.3 Å². The van der Waals surface area contributed by atoms with E-state index < -0.39 is 30.8 Å². The monoisotopic (exact) mass is 208 g/mol. The van der Waals surface area contributed by atoms with Gasteiger partial charge in [0.1, 0.15) is 0 Å². The molecular formula is C6H6F6O. The number of hydrogen-bond acceptors (Lipinski definition) is 1. The van der Waals surface area contributed by atoms with Crippen LogP contribution in [0.4, 0.5) is 26.3 Å². The predicted octanol–water partition coefficient (Wildman–Crippen LogP) is 3.03. The highest BCUT2D eigenvalue weighted by Crippen LogP contribution is 2.30. The fourth-order valence-corrected chi connectivity index (χ4v) is 0.509. The minimum absolute atomic E-state index is 0.471. The molecule has 0 fully saturated rings. The SMILES string of the molecule is CCO/C(=C/C(F)(F)F)C(F)(F)F. The summed E-state index contributed by atoms with van der Waals surface area (Å²) < 4.78 is 73.5. The zero-order valence-electron chi connectivity index (χ0n) is 6.46. The first-order valence-electron chi connectivity index (χ1n) is 3.16. The molecule has 7 heteroatoms. The molecule has 0 spiro atoms. The normalized spacial score (nSPS) is 14.5. The third kappa shape index (κ3) is 5.37. The van der Waals surface area contributed by atoms with Crippen molar-refractivity contribution in [2.45, 2.75) is 19.3 Å². The van der Waals surface area contributed by atoms with Crippen molar-refractivity contribution >= 4 is 0 Å². The Balaban J connectivity index is 4.71. The van der Waals surface area contributed by atoms with Crippen LogP contribution in [0.25, 0.3) is 0 Å². The van der Waals surface area contributed by atoms with Gasteiger partial charge in [0, 0.05) is 0 Å². The maximum Gasteiger partial charge on any atom is 0.448 e. The Labute approximate surface area is 70.0 Å². The summed E-state index contributed by atoms with van der Waals surface area (Å²) in [5.74, 6) is -2.03. The molecule has 0 N–H and O–H groups in total. The van der Waals surface area contributed by atoms with E-state index >= 15 is 0 Å². The van der Waals surface area contributed by atoms with E-state index in [2.05, 4.69) is 4.74 Å². The first-order valence-corrected chi connectivity index (χ1v) is 3.16. The molecule has 1 nitrogen and oxygen atoms in total. The van der Waals surface area contributed by atoms with E-state index in [1.165, 1.54) is 0 Å². The van der Waals surface area contributed by atoms with Crippen molar-refractivity contribution in [2.75, 3.05) is 6.61 Å². The molecule has 0 saturated carbocycles. The molecule has 0 aromatic carbocycles. The molecule has 0 aliphatic heterocycles. The third-order valence-corrected chi connectivity index (χ3v) is 0.874. The average Bonchev–Trinajstić information content (AvgIpc) is 1.81. The summed E-state index contributed by atoms with van der Waals surface area (Å²) in [7, 11) is 0. The van der Waals surface area contributed by atoms with Crippen molar-refractivity contribution in [1.29, 1.82) is 0 Å². The van der Waals surface area contributed by atoms with Crippen molar-refractivity contribution in [2.24, 2.45) is 0 Å². The first kappa shape index (κ1) is 12.1. The Morgan fingerprint density at radius 2 is 1.62 bits per heavy atom. The van der Waals surface area contributed by atoms with Crippen LogP contribution >= 0.6 is 0 Å². The Bertz CT molecular complexity index is 188. The molecular weight excluding hydrogens is 202 g/mol. The number of allylic oxidation sites excluding steroid dienone is 2. The fourth-order valence-electron chi connectivity index (χ4n) is 0.509. The number of hydrogen-bond donors (Lipinski definition) is 0. The Morgan fingerprint density at radius 1 is 1.15 bits per heavy atom. The van der Waals surface area contributed by atoms with Crippen LogP contribution in [0.3, 0.4) is 0 Å². The van der Waals surface area contributed by atoms with Crippen LogP contribution in [0.2, 0.25) is 0 Å². The fraction of sp³-hybridized carbons (Fsp3) is 0.667. The van der Waals surface area contributed by atoms with Crippen LogP contribution in [0.5, 0.6) is 0 Å². The van der Waals surface area contributed by atoms with E-state index in [-0.39, 0.29) is 0 Å².